The van der Waals surface area contributed by atoms with Gasteiger partial charge in [0.15, 0.2) is 0 Å². The maximum atomic E-state index is 12.6. The standard InChI is InChI=1S/C17H21NOS/c1-3-18-16(15-10-5-4-6-11-15)13-20(19)17-12-8-7-9-14(17)2/h4-12,16,18H,3,13H2,1-2H3. The van der Waals surface area contributed by atoms with Crippen LogP contribution in [0.4, 0.5) is 0 Å². The van der Waals surface area contributed by atoms with E-state index in [4.69, 9.17) is 0 Å². The molecule has 0 heterocycles. The summed E-state index contributed by atoms with van der Waals surface area (Å²) in [5, 5.41) is 3.43. The van der Waals surface area contributed by atoms with Crippen molar-refractivity contribution in [3.63, 3.8) is 0 Å². The molecule has 0 bridgehead atoms. The Hall–Kier alpha value is -1.45. The van der Waals surface area contributed by atoms with E-state index < -0.39 is 10.8 Å². The van der Waals surface area contributed by atoms with Gasteiger partial charge in [0.25, 0.3) is 0 Å². The van der Waals surface area contributed by atoms with Crippen LogP contribution in [0.3, 0.4) is 0 Å². The van der Waals surface area contributed by atoms with Gasteiger partial charge in [-0.1, -0.05) is 55.5 Å². The fourth-order valence-electron chi connectivity index (χ4n) is 2.26. The minimum Gasteiger partial charge on any atom is -0.309 e. The largest absolute Gasteiger partial charge is 0.309 e. The second-order valence-corrected chi connectivity index (χ2v) is 6.26. The first-order valence-corrected chi connectivity index (χ1v) is 8.26. The Morgan fingerprint density at radius 3 is 2.35 bits per heavy atom. The summed E-state index contributed by atoms with van der Waals surface area (Å²) >= 11 is 0. The van der Waals surface area contributed by atoms with Crippen LogP contribution in [0.2, 0.25) is 0 Å². The quantitative estimate of drug-likeness (QED) is 0.881. The summed E-state index contributed by atoms with van der Waals surface area (Å²) in [5.41, 5.74) is 2.28. The van der Waals surface area contributed by atoms with Crippen molar-refractivity contribution in [3.8, 4) is 0 Å². The molecule has 106 valence electrons. The van der Waals surface area contributed by atoms with Gasteiger partial charge >= 0.3 is 0 Å². The number of aryl methyl sites for hydroxylation is 1. The number of hydrogen-bond donors (Lipinski definition) is 1. The van der Waals surface area contributed by atoms with Crippen molar-refractivity contribution in [2.24, 2.45) is 0 Å². The van der Waals surface area contributed by atoms with E-state index >= 15 is 0 Å². The molecule has 2 rings (SSSR count). The molecule has 3 heteroatoms. The van der Waals surface area contributed by atoms with Crippen LogP contribution in [0.1, 0.15) is 24.1 Å². The lowest BCUT2D eigenvalue weighted by molar-refractivity contribution is 0.594. The van der Waals surface area contributed by atoms with Crippen LogP contribution < -0.4 is 5.32 Å². The second kappa shape index (κ2) is 7.36. The molecule has 0 aliphatic rings. The Morgan fingerprint density at radius 1 is 1.05 bits per heavy atom. The lowest BCUT2D eigenvalue weighted by atomic mass is 10.1. The topological polar surface area (TPSA) is 29.1 Å². The van der Waals surface area contributed by atoms with E-state index in [9.17, 15) is 4.21 Å². The zero-order valence-corrected chi connectivity index (χ0v) is 12.8. The molecule has 20 heavy (non-hydrogen) atoms. The van der Waals surface area contributed by atoms with E-state index in [1.807, 2.05) is 49.4 Å². The zero-order valence-electron chi connectivity index (χ0n) is 12.0. The van der Waals surface area contributed by atoms with Crippen molar-refractivity contribution >= 4 is 10.8 Å². The molecule has 0 amide bonds. The number of rotatable bonds is 6. The molecule has 0 saturated heterocycles. The molecule has 2 aromatic carbocycles. The first-order chi connectivity index (χ1) is 9.72. The minimum atomic E-state index is -0.990. The first-order valence-electron chi connectivity index (χ1n) is 6.94. The van der Waals surface area contributed by atoms with Gasteiger partial charge in [-0.2, -0.15) is 0 Å². The van der Waals surface area contributed by atoms with E-state index in [2.05, 4.69) is 24.4 Å². The van der Waals surface area contributed by atoms with Crippen molar-refractivity contribution in [3.05, 3.63) is 65.7 Å². The zero-order chi connectivity index (χ0) is 14.4. The summed E-state index contributed by atoms with van der Waals surface area (Å²) in [6, 6.07) is 18.3. The highest BCUT2D eigenvalue weighted by molar-refractivity contribution is 7.85. The lowest BCUT2D eigenvalue weighted by Crippen LogP contribution is -2.26. The number of nitrogens with one attached hydrogen (secondary N) is 1. The highest BCUT2D eigenvalue weighted by Gasteiger charge is 2.16. The van der Waals surface area contributed by atoms with Crippen molar-refractivity contribution in [1.82, 2.24) is 5.32 Å². The Balaban J connectivity index is 2.17. The molecule has 0 aromatic heterocycles. The van der Waals surface area contributed by atoms with Crippen LogP contribution >= 0.6 is 0 Å². The van der Waals surface area contributed by atoms with Gasteiger partial charge in [-0.3, -0.25) is 4.21 Å². The van der Waals surface area contributed by atoms with Crippen LogP contribution in [0, 0.1) is 6.92 Å². The Morgan fingerprint density at radius 2 is 1.70 bits per heavy atom. The fourth-order valence-corrected chi connectivity index (χ4v) is 3.71. The third kappa shape index (κ3) is 3.78. The summed E-state index contributed by atoms with van der Waals surface area (Å²) in [4.78, 5) is 0.936. The monoisotopic (exact) mass is 287 g/mol. The Labute approximate surface area is 123 Å². The Bertz CT molecular complexity index is 568. The van der Waals surface area contributed by atoms with Gasteiger partial charge in [-0.05, 0) is 30.7 Å². The molecule has 0 saturated carbocycles. The molecular weight excluding hydrogens is 266 g/mol. The molecule has 0 radical (unpaired) electrons. The van der Waals surface area contributed by atoms with Gasteiger partial charge < -0.3 is 5.32 Å². The molecule has 0 aliphatic heterocycles. The van der Waals surface area contributed by atoms with E-state index in [1.54, 1.807) is 0 Å². The summed E-state index contributed by atoms with van der Waals surface area (Å²) in [6.45, 7) is 4.95. The third-order valence-electron chi connectivity index (χ3n) is 3.31. The molecule has 0 spiro atoms. The van der Waals surface area contributed by atoms with Gasteiger partial charge in [0.1, 0.15) is 0 Å². The minimum absolute atomic E-state index is 0.127. The first kappa shape index (κ1) is 14.9. The van der Waals surface area contributed by atoms with Crippen LogP contribution in [-0.2, 0) is 10.8 Å². The molecule has 2 atom stereocenters. The summed E-state index contributed by atoms with van der Waals surface area (Å²) in [6.07, 6.45) is 0. The number of hydrogen-bond acceptors (Lipinski definition) is 2. The lowest BCUT2D eigenvalue weighted by Gasteiger charge is -2.18. The van der Waals surface area contributed by atoms with E-state index in [0.29, 0.717) is 5.75 Å². The van der Waals surface area contributed by atoms with Crippen LogP contribution in [-0.4, -0.2) is 16.5 Å². The fraction of sp³-hybridized carbons (Fsp3) is 0.294. The second-order valence-electron chi connectivity index (χ2n) is 4.80. The van der Waals surface area contributed by atoms with Crippen LogP contribution in [0.25, 0.3) is 0 Å². The van der Waals surface area contributed by atoms with E-state index in [-0.39, 0.29) is 6.04 Å². The summed E-state index contributed by atoms with van der Waals surface area (Å²) < 4.78 is 12.6. The average molecular weight is 287 g/mol. The van der Waals surface area contributed by atoms with Crippen molar-refractivity contribution < 1.29 is 4.21 Å². The summed E-state index contributed by atoms with van der Waals surface area (Å²) in [7, 11) is -0.990. The molecule has 0 fully saturated rings. The molecule has 2 nitrogen and oxygen atoms in total. The molecular formula is C17H21NOS. The highest BCUT2D eigenvalue weighted by Crippen LogP contribution is 2.19. The third-order valence-corrected chi connectivity index (χ3v) is 4.89. The van der Waals surface area contributed by atoms with E-state index in [0.717, 1.165) is 17.0 Å². The maximum absolute atomic E-state index is 12.6. The molecule has 2 unspecified atom stereocenters. The maximum Gasteiger partial charge on any atom is 0.0551 e. The van der Waals surface area contributed by atoms with Crippen LogP contribution in [0.15, 0.2) is 59.5 Å². The SMILES string of the molecule is CCNC(CS(=O)c1ccccc1C)c1ccccc1. The van der Waals surface area contributed by atoms with Gasteiger partial charge in [0.05, 0.1) is 10.8 Å². The number of benzene rings is 2. The highest BCUT2D eigenvalue weighted by atomic mass is 32.2. The predicted octanol–water partition coefficient (Wildman–Crippen LogP) is 3.45. The smallest absolute Gasteiger partial charge is 0.0551 e. The average Bonchev–Trinajstić information content (AvgIpc) is 2.48. The Kier molecular flexibility index (Phi) is 5.50. The van der Waals surface area contributed by atoms with E-state index in [1.165, 1.54) is 5.56 Å². The van der Waals surface area contributed by atoms with Gasteiger partial charge in [-0.15, -0.1) is 0 Å². The van der Waals surface area contributed by atoms with Crippen molar-refractivity contribution in [2.75, 3.05) is 12.3 Å². The molecule has 0 aliphatic carbocycles. The van der Waals surface area contributed by atoms with Gasteiger partial charge in [-0.25, -0.2) is 0 Å². The molecule has 2 aromatic rings. The van der Waals surface area contributed by atoms with Crippen LogP contribution in [0.5, 0.6) is 0 Å². The summed E-state index contributed by atoms with van der Waals surface area (Å²) in [5.74, 6) is 0.600. The predicted molar refractivity (Wildman–Crippen MR) is 85.3 cm³/mol. The van der Waals surface area contributed by atoms with Gasteiger partial charge in [0, 0.05) is 16.7 Å². The van der Waals surface area contributed by atoms with Gasteiger partial charge in [0.2, 0.25) is 0 Å². The normalized spacial score (nSPS) is 13.9. The van der Waals surface area contributed by atoms with Crippen molar-refractivity contribution in [2.45, 2.75) is 24.8 Å². The molecule has 1 N–H and O–H groups in total. The van der Waals surface area contributed by atoms with Crippen molar-refractivity contribution in [1.29, 1.82) is 0 Å².